The first-order valence-corrected chi connectivity index (χ1v) is 15.5. The number of allylic oxidation sites excluding steroid dienone is 1. The van der Waals surface area contributed by atoms with E-state index in [2.05, 4.69) is 0 Å². The fraction of sp³-hybridized carbons (Fsp3) is 0.229. The summed E-state index contributed by atoms with van der Waals surface area (Å²) in [6.45, 7) is 3.84. The Kier molecular flexibility index (Phi) is 8.43. The molecule has 236 valence electrons. The van der Waals surface area contributed by atoms with Gasteiger partial charge in [0.2, 0.25) is 0 Å². The number of esters is 1. The van der Waals surface area contributed by atoms with Crippen LogP contribution in [0.2, 0.25) is 0 Å². The van der Waals surface area contributed by atoms with Crippen LogP contribution in [-0.4, -0.2) is 24.3 Å². The molecule has 3 aromatic carbocycles. The number of aromatic nitrogens is 1. The van der Waals surface area contributed by atoms with E-state index in [1.807, 2.05) is 43.3 Å². The molecular weight excluding hydrogens is 617 g/mol. The van der Waals surface area contributed by atoms with Gasteiger partial charge in [-0.25, -0.2) is 9.79 Å². The number of methoxy groups -OCH3 is 1. The zero-order chi connectivity index (χ0) is 32.6. The minimum absolute atomic E-state index is 0.137. The number of benzene rings is 3. The zero-order valence-electron chi connectivity index (χ0n) is 25.2. The highest BCUT2D eigenvalue weighted by Crippen LogP contribution is 2.41. The van der Waals surface area contributed by atoms with Crippen molar-refractivity contribution in [1.82, 2.24) is 4.57 Å². The van der Waals surface area contributed by atoms with Crippen molar-refractivity contribution in [2.24, 2.45) is 4.99 Å². The highest BCUT2D eigenvalue weighted by molar-refractivity contribution is 7.07. The highest BCUT2D eigenvalue weighted by Gasteiger charge is 2.37. The molecule has 0 saturated carbocycles. The van der Waals surface area contributed by atoms with E-state index in [9.17, 15) is 22.8 Å². The molecule has 0 spiro atoms. The van der Waals surface area contributed by atoms with Gasteiger partial charge in [-0.05, 0) is 54.4 Å². The maximum atomic E-state index is 14.3. The second-order valence-electron chi connectivity index (χ2n) is 10.6. The summed E-state index contributed by atoms with van der Waals surface area (Å²) in [5.74, 6) is 0.420. The van der Waals surface area contributed by atoms with Crippen molar-refractivity contribution in [3.63, 3.8) is 0 Å². The summed E-state index contributed by atoms with van der Waals surface area (Å²) < 4.78 is 58.9. The first kappa shape index (κ1) is 31.1. The van der Waals surface area contributed by atoms with Crippen molar-refractivity contribution in [2.75, 3.05) is 13.7 Å². The molecule has 5 aromatic rings. The van der Waals surface area contributed by atoms with Crippen LogP contribution in [0.4, 0.5) is 13.2 Å². The predicted octanol–water partition coefficient (Wildman–Crippen LogP) is 7.02. The minimum Gasteiger partial charge on any atom is -0.496 e. The first-order chi connectivity index (χ1) is 22.1. The first-order valence-electron chi connectivity index (χ1n) is 14.7. The third kappa shape index (κ3) is 5.66. The van der Waals surface area contributed by atoms with Crippen LogP contribution in [0.3, 0.4) is 0 Å². The standard InChI is InChI=1S/C35H29F3N2O5S/c1-4-9-25-30(33(42)44-5-2)31(29-24-13-7-6-10-20(24)14-16-27(29)43-3)40-32(41)28(46-34(40)39-25)19-23-15-17-26(45-23)21-11-8-12-22(18-21)35(36,37)38/h6-8,10-19,31H,4-5,9H2,1-3H3/b28-19-. The van der Waals surface area contributed by atoms with E-state index >= 15 is 0 Å². The maximum Gasteiger partial charge on any atom is 0.416 e. The van der Waals surface area contributed by atoms with Gasteiger partial charge in [0.15, 0.2) is 4.80 Å². The molecule has 0 saturated heterocycles. The van der Waals surface area contributed by atoms with Crippen LogP contribution >= 0.6 is 11.3 Å². The molecule has 2 aromatic heterocycles. The Morgan fingerprint density at radius 3 is 2.61 bits per heavy atom. The number of furan rings is 1. The molecule has 0 aliphatic carbocycles. The number of thiazole rings is 1. The average Bonchev–Trinajstić information content (AvgIpc) is 3.64. The van der Waals surface area contributed by atoms with E-state index in [0.717, 1.165) is 34.2 Å². The van der Waals surface area contributed by atoms with Gasteiger partial charge in [0.1, 0.15) is 23.3 Å². The minimum atomic E-state index is -4.50. The Balaban J connectivity index is 1.56. The van der Waals surface area contributed by atoms with E-state index in [1.54, 1.807) is 19.1 Å². The molecule has 0 N–H and O–H groups in total. The quantitative estimate of drug-likeness (QED) is 0.169. The molecule has 1 atom stereocenters. The summed E-state index contributed by atoms with van der Waals surface area (Å²) in [5, 5.41) is 1.70. The molecule has 7 nitrogen and oxygen atoms in total. The number of hydrogen-bond acceptors (Lipinski definition) is 7. The van der Waals surface area contributed by atoms with Gasteiger partial charge in [-0.2, -0.15) is 13.2 Å². The molecule has 1 unspecified atom stereocenters. The Bertz CT molecular complexity index is 2170. The fourth-order valence-electron chi connectivity index (χ4n) is 5.69. The molecule has 0 bridgehead atoms. The predicted molar refractivity (Wildman–Crippen MR) is 169 cm³/mol. The molecule has 3 heterocycles. The fourth-order valence-corrected chi connectivity index (χ4v) is 6.69. The number of fused-ring (bicyclic) bond motifs is 2. The van der Waals surface area contributed by atoms with Gasteiger partial charge in [0.05, 0.1) is 35.1 Å². The van der Waals surface area contributed by atoms with Gasteiger partial charge >= 0.3 is 12.1 Å². The van der Waals surface area contributed by atoms with Crippen LogP contribution < -0.4 is 19.6 Å². The van der Waals surface area contributed by atoms with Crippen LogP contribution in [-0.2, 0) is 15.7 Å². The summed E-state index contributed by atoms with van der Waals surface area (Å²) in [6.07, 6.45) is -1.80. The zero-order valence-corrected chi connectivity index (χ0v) is 26.0. The lowest BCUT2D eigenvalue weighted by molar-refractivity contribution is -0.139. The number of alkyl halides is 3. The van der Waals surface area contributed by atoms with Crippen LogP contribution in [0.1, 0.15) is 49.6 Å². The molecule has 0 amide bonds. The van der Waals surface area contributed by atoms with Crippen LogP contribution in [0, 0.1) is 0 Å². The van der Waals surface area contributed by atoms with E-state index in [-0.39, 0.29) is 33.8 Å². The number of carbonyl (C=O) groups excluding carboxylic acids is 1. The van der Waals surface area contributed by atoms with E-state index in [4.69, 9.17) is 18.9 Å². The topological polar surface area (TPSA) is 83.0 Å². The van der Waals surface area contributed by atoms with Crippen molar-refractivity contribution in [3.05, 3.63) is 121 Å². The van der Waals surface area contributed by atoms with Gasteiger partial charge in [-0.1, -0.05) is 67.1 Å². The molecule has 0 radical (unpaired) electrons. The van der Waals surface area contributed by atoms with Crippen LogP contribution in [0.5, 0.6) is 5.75 Å². The number of carbonyl (C=O) groups is 1. The van der Waals surface area contributed by atoms with E-state index < -0.39 is 29.3 Å². The van der Waals surface area contributed by atoms with Crippen molar-refractivity contribution in [2.45, 2.75) is 38.9 Å². The number of hydrogen-bond donors (Lipinski definition) is 0. The highest BCUT2D eigenvalue weighted by atomic mass is 32.1. The SMILES string of the molecule is CCCC1=C(C(=O)OCC)C(c2c(OC)ccc3ccccc23)n2c(s/c(=C\c3ccc(-c4cccc(C(F)(F)F)c4)o3)c2=O)=N1. The Labute approximate surface area is 265 Å². The molecule has 46 heavy (non-hydrogen) atoms. The van der Waals surface area contributed by atoms with Gasteiger partial charge < -0.3 is 13.9 Å². The molecule has 1 aliphatic rings. The lowest BCUT2D eigenvalue weighted by atomic mass is 9.90. The summed E-state index contributed by atoms with van der Waals surface area (Å²) in [5.41, 5.74) is 0.464. The lowest BCUT2D eigenvalue weighted by Gasteiger charge is -2.28. The second-order valence-corrected chi connectivity index (χ2v) is 11.6. The van der Waals surface area contributed by atoms with Crippen molar-refractivity contribution < 1.29 is 31.9 Å². The lowest BCUT2D eigenvalue weighted by Crippen LogP contribution is -2.40. The smallest absolute Gasteiger partial charge is 0.416 e. The molecule has 1 aliphatic heterocycles. The van der Waals surface area contributed by atoms with Gasteiger partial charge in [0.25, 0.3) is 5.56 Å². The summed E-state index contributed by atoms with van der Waals surface area (Å²) in [6, 6.07) is 18.5. The Morgan fingerprint density at radius 2 is 1.87 bits per heavy atom. The number of halogens is 3. The molecule has 0 fully saturated rings. The third-order valence-electron chi connectivity index (χ3n) is 7.69. The monoisotopic (exact) mass is 646 g/mol. The molecule has 11 heteroatoms. The largest absolute Gasteiger partial charge is 0.496 e. The van der Waals surface area contributed by atoms with Crippen molar-refractivity contribution in [1.29, 1.82) is 0 Å². The number of nitrogens with zero attached hydrogens (tertiary/aromatic N) is 2. The maximum absolute atomic E-state index is 14.3. The molecule has 6 rings (SSSR count). The molecular formula is C35H29F3N2O5S. The van der Waals surface area contributed by atoms with Crippen LogP contribution in [0.15, 0.2) is 98.3 Å². The summed E-state index contributed by atoms with van der Waals surface area (Å²) in [7, 11) is 1.54. The van der Waals surface area contributed by atoms with E-state index in [0.29, 0.717) is 34.7 Å². The second kappa shape index (κ2) is 12.5. The summed E-state index contributed by atoms with van der Waals surface area (Å²) in [4.78, 5) is 33.1. The van der Waals surface area contributed by atoms with E-state index in [1.165, 1.54) is 29.9 Å². The van der Waals surface area contributed by atoms with Crippen molar-refractivity contribution >= 4 is 34.2 Å². The number of rotatable bonds is 8. The third-order valence-corrected chi connectivity index (χ3v) is 8.67. The van der Waals surface area contributed by atoms with Gasteiger partial charge in [-0.15, -0.1) is 0 Å². The average molecular weight is 647 g/mol. The summed E-state index contributed by atoms with van der Waals surface area (Å²) >= 11 is 1.13. The van der Waals surface area contributed by atoms with Gasteiger partial charge in [0, 0.05) is 17.2 Å². The Morgan fingerprint density at radius 1 is 1.07 bits per heavy atom. The number of ether oxygens (including phenoxy) is 2. The van der Waals surface area contributed by atoms with Crippen molar-refractivity contribution in [3.8, 4) is 17.1 Å². The van der Waals surface area contributed by atoms with Gasteiger partial charge in [-0.3, -0.25) is 9.36 Å². The normalized spacial score (nSPS) is 15.2. The Hall–Kier alpha value is -4.90. The van der Waals surface area contributed by atoms with Crippen LogP contribution in [0.25, 0.3) is 28.2 Å².